The highest BCUT2D eigenvalue weighted by Crippen LogP contribution is 2.32. The number of hydrogen-bond donors (Lipinski definition) is 0. The van der Waals surface area contributed by atoms with Crippen LogP contribution < -0.4 is 0 Å². The third kappa shape index (κ3) is 2.55. The van der Waals surface area contributed by atoms with Gasteiger partial charge in [0.25, 0.3) is 0 Å². The van der Waals surface area contributed by atoms with Crippen molar-refractivity contribution < 1.29 is 4.42 Å². The molecule has 1 nitrogen and oxygen atoms in total. The Hall–Kier alpha value is -1.21. The molecular formula is C15H17ClO. The van der Waals surface area contributed by atoms with E-state index in [0.717, 1.165) is 29.1 Å². The highest BCUT2D eigenvalue weighted by atomic mass is 35.5. The van der Waals surface area contributed by atoms with E-state index in [1.165, 1.54) is 5.56 Å². The summed E-state index contributed by atoms with van der Waals surface area (Å²) in [6.45, 7) is 6.05. The van der Waals surface area contributed by atoms with Gasteiger partial charge in [-0.25, -0.2) is 0 Å². The van der Waals surface area contributed by atoms with Gasteiger partial charge in [-0.05, 0) is 37.5 Å². The minimum Gasteiger partial charge on any atom is -0.466 e. The van der Waals surface area contributed by atoms with Crippen LogP contribution in [0.2, 0.25) is 0 Å². The van der Waals surface area contributed by atoms with Crippen LogP contribution in [0.25, 0.3) is 0 Å². The summed E-state index contributed by atoms with van der Waals surface area (Å²) in [7, 11) is 0. The number of alkyl halides is 1. The maximum absolute atomic E-state index is 6.49. The highest BCUT2D eigenvalue weighted by Gasteiger charge is 2.16. The van der Waals surface area contributed by atoms with E-state index < -0.39 is 0 Å². The zero-order chi connectivity index (χ0) is 12.4. The van der Waals surface area contributed by atoms with Gasteiger partial charge in [-0.3, -0.25) is 0 Å². The fourth-order valence-electron chi connectivity index (χ4n) is 2.00. The summed E-state index contributed by atoms with van der Waals surface area (Å²) in [5, 5.41) is -0.127. The van der Waals surface area contributed by atoms with E-state index in [1.54, 1.807) is 0 Å². The van der Waals surface area contributed by atoms with Crippen LogP contribution in [0.3, 0.4) is 0 Å². The Morgan fingerprint density at radius 1 is 1.18 bits per heavy atom. The summed E-state index contributed by atoms with van der Waals surface area (Å²) in [5.41, 5.74) is 3.51. The Morgan fingerprint density at radius 2 is 1.82 bits per heavy atom. The molecule has 0 saturated heterocycles. The van der Waals surface area contributed by atoms with Crippen LogP contribution in [0, 0.1) is 13.8 Å². The lowest BCUT2D eigenvalue weighted by Crippen LogP contribution is -1.93. The number of benzene rings is 1. The Morgan fingerprint density at radius 3 is 2.29 bits per heavy atom. The fourth-order valence-corrected chi connectivity index (χ4v) is 2.37. The third-order valence-electron chi connectivity index (χ3n) is 3.03. The van der Waals surface area contributed by atoms with Gasteiger partial charge in [0.2, 0.25) is 0 Å². The van der Waals surface area contributed by atoms with Crippen molar-refractivity contribution in [3.05, 3.63) is 58.5 Å². The van der Waals surface area contributed by atoms with Crippen LogP contribution >= 0.6 is 11.6 Å². The topological polar surface area (TPSA) is 13.1 Å². The molecule has 1 aromatic heterocycles. The summed E-state index contributed by atoms with van der Waals surface area (Å²) in [6.07, 6.45) is 1.05. The second-order valence-corrected chi connectivity index (χ2v) is 4.76. The van der Waals surface area contributed by atoms with Gasteiger partial charge in [-0.15, -0.1) is 11.6 Å². The molecule has 0 bridgehead atoms. The van der Waals surface area contributed by atoms with Gasteiger partial charge in [0.05, 0.1) is 5.38 Å². The SMILES string of the molecule is CCc1ccc(C(Cl)c2cc(C)oc2C)cc1. The average Bonchev–Trinajstić information content (AvgIpc) is 2.68. The quantitative estimate of drug-likeness (QED) is 0.712. The van der Waals surface area contributed by atoms with Crippen LogP contribution in [-0.4, -0.2) is 0 Å². The Labute approximate surface area is 107 Å². The first kappa shape index (κ1) is 12.3. The maximum atomic E-state index is 6.49. The van der Waals surface area contributed by atoms with Crippen molar-refractivity contribution in [3.63, 3.8) is 0 Å². The molecule has 0 fully saturated rings. The summed E-state index contributed by atoms with van der Waals surface area (Å²) >= 11 is 6.49. The standard InChI is InChI=1S/C15H17ClO/c1-4-12-5-7-13(8-6-12)15(16)14-9-10(2)17-11(14)3/h5-9,15H,4H2,1-3H3. The van der Waals surface area contributed by atoms with Crippen LogP contribution in [-0.2, 0) is 6.42 Å². The molecular weight excluding hydrogens is 232 g/mol. The molecule has 0 amide bonds. The minimum absolute atomic E-state index is 0.127. The Bertz CT molecular complexity index is 496. The van der Waals surface area contributed by atoms with Crippen molar-refractivity contribution in [2.75, 3.05) is 0 Å². The molecule has 0 saturated carbocycles. The van der Waals surface area contributed by atoms with Gasteiger partial charge in [0.1, 0.15) is 11.5 Å². The van der Waals surface area contributed by atoms with Crippen molar-refractivity contribution in [2.45, 2.75) is 32.6 Å². The molecule has 1 atom stereocenters. The van der Waals surface area contributed by atoms with Gasteiger partial charge in [-0.2, -0.15) is 0 Å². The normalized spacial score (nSPS) is 12.7. The molecule has 2 heteroatoms. The third-order valence-corrected chi connectivity index (χ3v) is 3.52. The molecule has 0 aliphatic rings. The molecule has 17 heavy (non-hydrogen) atoms. The molecule has 2 aromatic rings. The van der Waals surface area contributed by atoms with Crippen molar-refractivity contribution in [1.29, 1.82) is 0 Å². The van der Waals surface area contributed by atoms with E-state index in [1.807, 2.05) is 19.9 Å². The van der Waals surface area contributed by atoms with Gasteiger partial charge < -0.3 is 4.42 Å². The predicted molar refractivity (Wildman–Crippen MR) is 71.7 cm³/mol. The molecule has 90 valence electrons. The van der Waals surface area contributed by atoms with Crippen LogP contribution in [0.4, 0.5) is 0 Å². The molecule has 0 spiro atoms. The van der Waals surface area contributed by atoms with Gasteiger partial charge in [0, 0.05) is 5.56 Å². The van der Waals surface area contributed by atoms with Gasteiger partial charge >= 0.3 is 0 Å². The lowest BCUT2D eigenvalue weighted by molar-refractivity contribution is 0.501. The van der Waals surface area contributed by atoms with Crippen molar-refractivity contribution in [1.82, 2.24) is 0 Å². The first-order chi connectivity index (χ1) is 8.11. The summed E-state index contributed by atoms with van der Waals surface area (Å²) in [4.78, 5) is 0. The van der Waals surface area contributed by atoms with Crippen LogP contribution in [0.1, 0.15) is 40.5 Å². The zero-order valence-corrected chi connectivity index (χ0v) is 11.2. The smallest absolute Gasteiger partial charge is 0.106 e. The molecule has 1 aromatic carbocycles. The van der Waals surface area contributed by atoms with Gasteiger partial charge in [0.15, 0.2) is 0 Å². The van der Waals surface area contributed by atoms with E-state index in [9.17, 15) is 0 Å². The zero-order valence-electron chi connectivity index (χ0n) is 10.5. The lowest BCUT2D eigenvalue weighted by atomic mass is 10.0. The monoisotopic (exact) mass is 248 g/mol. The second kappa shape index (κ2) is 4.97. The minimum atomic E-state index is -0.127. The second-order valence-electron chi connectivity index (χ2n) is 4.33. The number of aryl methyl sites for hydroxylation is 3. The Balaban J connectivity index is 2.30. The molecule has 1 unspecified atom stereocenters. The van der Waals surface area contributed by atoms with E-state index in [2.05, 4.69) is 31.2 Å². The first-order valence-electron chi connectivity index (χ1n) is 5.91. The highest BCUT2D eigenvalue weighted by molar-refractivity contribution is 6.22. The number of rotatable bonds is 3. The summed E-state index contributed by atoms with van der Waals surface area (Å²) < 4.78 is 5.52. The van der Waals surface area contributed by atoms with Crippen LogP contribution in [0.5, 0.6) is 0 Å². The van der Waals surface area contributed by atoms with E-state index in [-0.39, 0.29) is 5.38 Å². The molecule has 0 N–H and O–H groups in total. The summed E-state index contributed by atoms with van der Waals surface area (Å²) in [5.74, 6) is 1.82. The van der Waals surface area contributed by atoms with E-state index >= 15 is 0 Å². The van der Waals surface area contributed by atoms with E-state index in [4.69, 9.17) is 16.0 Å². The first-order valence-corrected chi connectivity index (χ1v) is 6.35. The van der Waals surface area contributed by atoms with Crippen molar-refractivity contribution in [3.8, 4) is 0 Å². The van der Waals surface area contributed by atoms with Crippen molar-refractivity contribution in [2.24, 2.45) is 0 Å². The number of furan rings is 1. The van der Waals surface area contributed by atoms with Gasteiger partial charge in [-0.1, -0.05) is 31.2 Å². The average molecular weight is 249 g/mol. The largest absolute Gasteiger partial charge is 0.466 e. The predicted octanol–water partition coefficient (Wildman–Crippen LogP) is 4.79. The Kier molecular flexibility index (Phi) is 3.58. The molecule has 2 rings (SSSR count). The molecule has 0 radical (unpaired) electrons. The number of halogens is 1. The summed E-state index contributed by atoms with van der Waals surface area (Å²) in [6, 6.07) is 10.5. The van der Waals surface area contributed by atoms with Crippen LogP contribution in [0.15, 0.2) is 34.7 Å². The molecule has 0 aliphatic carbocycles. The molecule has 0 aliphatic heterocycles. The lowest BCUT2D eigenvalue weighted by Gasteiger charge is -2.09. The molecule has 1 heterocycles. The number of hydrogen-bond acceptors (Lipinski definition) is 1. The van der Waals surface area contributed by atoms with Crippen molar-refractivity contribution >= 4 is 11.6 Å². The van der Waals surface area contributed by atoms with E-state index in [0.29, 0.717) is 0 Å². The fraction of sp³-hybridized carbons (Fsp3) is 0.333. The maximum Gasteiger partial charge on any atom is 0.106 e.